The molecule has 0 aromatic heterocycles. The van der Waals surface area contributed by atoms with Gasteiger partial charge < -0.3 is 19.1 Å². The highest BCUT2D eigenvalue weighted by Crippen LogP contribution is 2.31. The number of benzene rings is 3. The Morgan fingerprint density at radius 2 is 1.35 bits per heavy atom. The number of rotatable bonds is 9. The molecule has 0 atom stereocenters. The molecule has 3 aromatic rings. The molecule has 0 amide bonds. The summed E-state index contributed by atoms with van der Waals surface area (Å²) in [4.78, 5) is 5.03. The summed E-state index contributed by atoms with van der Waals surface area (Å²) in [5.41, 5.74) is 6.69. The first kappa shape index (κ1) is 25.5. The molecule has 0 unspecified atom stereocenters. The van der Waals surface area contributed by atoms with Crippen LogP contribution in [0.5, 0.6) is 17.2 Å². The fourth-order valence-corrected chi connectivity index (χ4v) is 5.58. The summed E-state index contributed by atoms with van der Waals surface area (Å²) >= 11 is 0. The second-order valence-corrected chi connectivity index (χ2v) is 10.2. The molecule has 5 heteroatoms. The Bertz CT molecular complexity index is 1160. The fraction of sp³-hybridized carbons (Fsp3) is 0.438. The van der Waals surface area contributed by atoms with Crippen LogP contribution in [0.15, 0.2) is 60.7 Å². The van der Waals surface area contributed by atoms with Gasteiger partial charge in [0.1, 0.15) is 23.9 Å². The Balaban J connectivity index is 1.25. The van der Waals surface area contributed by atoms with E-state index in [0.29, 0.717) is 0 Å². The van der Waals surface area contributed by atoms with Gasteiger partial charge in [0, 0.05) is 31.4 Å². The zero-order valence-electron chi connectivity index (χ0n) is 22.4. The average molecular weight is 501 g/mol. The summed E-state index contributed by atoms with van der Waals surface area (Å²) < 4.78 is 17.1. The van der Waals surface area contributed by atoms with Crippen molar-refractivity contribution in [2.75, 3.05) is 58.5 Å². The molecule has 0 bridgehead atoms. The molecule has 1 saturated heterocycles. The van der Waals surface area contributed by atoms with Crippen molar-refractivity contribution in [3.63, 3.8) is 0 Å². The van der Waals surface area contributed by atoms with E-state index in [-0.39, 0.29) is 0 Å². The molecule has 2 heterocycles. The van der Waals surface area contributed by atoms with Gasteiger partial charge in [-0.15, -0.1) is 0 Å². The van der Waals surface area contributed by atoms with Crippen LogP contribution >= 0.6 is 0 Å². The van der Waals surface area contributed by atoms with Gasteiger partial charge in [0.25, 0.3) is 0 Å². The normalized spacial score (nSPS) is 16.1. The number of piperidine rings is 1. The molecule has 0 aliphatic carbocycles. The number of fused-ring (bicyclic) bond motifs is 1. The molecule has 0 radical (unpaired) electrons. The summed E-state index contributed by atoms with van der Waals surface area (Å²) in [5, 5.41) is 0. The summed E-state index contributed by atoms with van der Waals surface area (Å²) in [6.45, 7) is 6.16. The molecule has 2 aliphatic heterocycles. The third-order valence-corrected chi connectivity index (χ3v) is 7.79. The number of ether oxygens (including phenoxy) is 3. The van der Waals surface area contributed by atoms with Crippen molar-refractivity contribution in [2.45, 2.75) is 38.5 Å². The summed E-state index contributed by atoms with van der Waals surface area (Å²) in [6, 6.07) is 21.6. The number of hydrogen-bond donors (Lipinski definition) is 0. The first-order chi connectivity index (χ1) is 18.2. The van der Waals surface area contributed by atoms with Crippen LogP contribution in [-0.4, -0.2) is 58.5 Å². The van der Waals surface area contributed by atoms with Gasteiger partial charge >= 0.3 is 0 Å². The Morgan fingerprint density at radius 1 is 0.676 bits per heavy atom. The summed E-state index contributed by atoms with van der Waals surface area (Å²) in [7, 11) is 3.48. The second kappa shape index (κ2) is 12.4. The highest BCUT2D eigenvalue weighted by atomic mass is 16.5. The molecule has 0 saturated carbocycles. The molecule has 3 aromatic carbocycles. The quantitative estimate of drug-likeness (QED) is 0.373. The lowest BCUT2D eigenvalue weighted by molar-refractivity contribution is 0.183. The molecular formula is C32H40N2O3. The van der Waals surface area contributed by atoms with Crippen LogP contribution in [0, 0.1) is 0 Å². The fourth-order valence-electron chi connectivity index (χ4n) is 5.58. The first-order valence-electron chi connectivity index (χ1n) is 13.7. The van der Waals surface area contributed by atoms with Crippen LogP contribution in [0.3, 0.4) is 0 Å². The molecule has 5 rings (SSSR count). The summed E-state index contributed by atoms with van der Waals surface area (Å²) in [5.74, 6) is 2.80. The maximum absolute atomic E-state index is 6.05. The topological polar surface area (TPSA) is 34.2 Å². The Labute approximate surface area is 222 Å². The monoisotopic (exact) mass is 500 g/mol. The SMILES string of the molecule is COc1ccc2c(c1)CCN(c1cc(OC)ccc1Cc1ccc(OCCN3CCCCC3)cc1)CC2. The molecule has 5 nitrogen and oxygen atoms in total. The van der Waals surface area contributed by atoms with E-state index in [2.05, 4.69) is 70.5 Å². The highest BCUT2D eigenvalue weighted by molar-refractivity contribution is 5.59. The number of anilines is 1. The zero-order chi connectivity index (χ0) is 25.5. The number of likely N-dealkylation sites (tertiary alicyclic amines) is 1. The van der Waals surface area contributed by atoms with E-state index >= 15 is 0 Å². The van der Waals surface area contributed by atoms with Gasteiger partial charge in [-0.1, -0.05) is 30.7 Å². The minimum Gasteiger partial charge on any atom is -0.497 e. The number of hydrogen-bond acceptors (Lipinski definition) is 5. The van der Waals surface area contributed by atoms with Crippen molar-refractivity contribution >= 4 is 5.69 Å². The van der Waals surface area contributed by atoms with Crippen molar-refractivity contribution in [3.05, 3.63) is 82.9 Å². The maximum atomic E-state index is 6.05. The van der Waals surface area contributed by atoms with E-state index < -0.39 is 0 Å². The van der Waals surface area contributed by atoms with Gasteiger partial charge in [-0.25, -0.2) is 0 Å². The molecule has 0 spiro atoms. The summed E-state index contributed by atoms with van der Waals surface area (Å²) in [6.07, 6.45) is 6.93. The predicted octanol–water partition coefficient (Wildman–Crippen LogP) is 5.76. The third kappa shape index (κ3) is 6.58. The average Bonchev–Trinajstić information content (AvgIpc) is 3.17. The van der Waals surface area contributed by atoms with Crippen molar-refractivity contribution in [1.82, 2.24) is 4.90 Å². The van der Waals surface area contributed by atoms with Crippen LogP contribution in [0.2, 0.25) is 0 Å². The highest BCUT2D eigenvalue weighted by Gasteiger charge is 2.18. The van der Waals surface area contributed by atoms with Crippen molar-refractivity contribution < 1.29 is 14.2 Å². The third-order valence-electron chi connectivity index (χ3n) is 7.79. The lowest BCUT2D eigenvalue weighted by Crippen LogP contribution is -2.33. The van der Waals surface area contributed by atoms with Crippen LogP contribution in [0.4, 0.5) is 5.69 Å². The molecule has 1 fully saturated rings. The van der Waals surface area contributed by atoms with Gasteiger partial charge in [0.2, 0.25) is 0 Å². The molecule has 37 heavy (non-hydrogen) atoms. The van der Waals surface area contributed by atoms with E-state index in [1.54, 1.807) is 14.2 Å². The van der Waals surface area contributed by atoms with E-state index in [1.807, 2.05) is 0 Å². The molecule has 196 valence electrons. The van der Waals surface area contributed by atoms with Crippen molar-refractivity contribution in [2.24, 2.45) is 0 Å². The predicted molar refractivity (Wildman–Crippen MR) is 151 cm³/mol. The Morgan fingerprint density at radius 3 is 2.11 bits per heavy atom. The lowest BCUT2D eigenvalue weighted by atomic mass is 10.0. The van der Waals surface area contributed by atoms with Crippen LogP contribution in [0.25, 0.3) is 0 Å². The van der Waals surface area contributed by atoms with E-state index in [9.17, 15) is 0 Å². The van der Waals surface area contributed by atoms with Crippen molar-refractivity contribution in [1.29, 1.82) is 0 Å². The molecular weight excluding hydrogens is 460 g/mol. The largest absolute Gasteiger partial charge is 0.497 e. The van der Waals surface area contributed by atoms with Gasteiger partial charge in [-0.2, -0.15) is 0 Å². The van der Waals surface area contributed by atoms with E-state index in [0.717, 1.165) is 62.8 Å². The molecule has 2 aliphatic rings. The smallest absolute Gasteiger partial charge is 0.120 e. The number of methoxy groups -OCH3 is 2. The maximum Gasteiger partial charge on any atom is 0.120 e. The van der Waals surface area contributed by atoms with Crippen LogP contribution in [0.1, 0.15) is 41.5 Å². The van der Waals surface area contributed by atoms with E-state index in [4.69, 9.17) is 14.2 Å². The van der Waals surface area contributed by atoms with Gasteiger partial charge in [0.05, 0.1) is 14.2 Å². The Kier molecular flexibility index (Phi) is 8.52. The van der Waals surface area contributed by atoms with Crippen LogP contribution in [-0.2, 0) is 19.3 Å². The Hall–Kier alpha value is -3.18. The lowest BCUT2D eigenvalue weighted by Gasteiger charge is -2.26. The minimum absolute atomic E-state index is 0.755. The number of nitrogens with zero attached hydrogens (tertiary/aromatic N) is 2. The minimum atomic E-state index is 0.755. The van der Waals surface area contributed by atoms with Gasteiger partial charge in [-0.05, 0) is 97.8 Å². The first-order valence-corrected chi connectivity index (χ1v) is 13.7. The van der Waals surface area contributed by atoms with Gasteiger partial charge in [-0.3, -0.25) is 4.90 Å². The van der Waals surface area contributed by atoms with Crippen molar-refractivity contribution in [3.8, 4) is 17.2 Å². The second-order valence-electron chi connectivity index (χ2n) is 10.2. The van der Waals surface area contributed by atoms with Gasteiger partial charge in [0.15, 0.2) is 0 Å². The zero-order valence-corrected chi connectivity index (χ0v) is 22.4. The standard InChI is InChI=1S/C32H40N2O3/c1-35-30-12-8-26-14-18-34(19-15-27(26)23-30)32-24-31(36-2)13-9-28(32)22-25-6-10-29(11-7-25)37-21-20-33-16-4-3-5-17-33/h6-13,23-24H,3-5,14-22H2,1-2H3. The molecule has 0 N–H and O–H groups in total. The van der Waals surface area contributed by atoms with Crippen LogP contribution < -0.4 is 19.1 Å². The van der Waals surface area contributed by atoms with E-state index in [1.165, 1.54) is 60.3 Å².